The van der Waals surface area contributed by atoms with E-state index in [9.17, 15) is 0 Å². The quantitative estimate of drug-likeness (QED) is 0.139. The van der Waals surface area contributed by atoms with Crippen LogP contribution in [0, 0.1) is 85.6 Å². The van der Waals surface area contributed by atoms with Crippen molar-refractivity contribution in [1.82, 2.24) is 14.1 Å². The fourth-order valence-corrected chi connectivity index (χ4v) is 13.7. The first-order valence-corrected chi connectivity index (χ1v) is 19.1. The van der Waals surface area contributed by atoms with Gasteiger partial charge in [0.2, 0.25) is 0 Å². The third kappa shape index (κ3) is 4.68. The van der Waals surface area contributed by atoms with Gasteiger partial charge in [-0.3, -0.25) is 4.57 Å². The lowest BCUT2D eigenvalue weighted by Crippen LogP contribution is -2.54. The van der Waals surface area contributed by atoms with Gasteiger partial charge in [0, 0.05) is 39.6 Å². The summed E-state index contributed by atoms with van der Waals surface area (Å²) in [5.41, 5.74) is 24.6. The minimum Gasteiger partial charge on any atom is -0.309 e. The maximum atomic E-state index is 6.03. The molecule has 0 aliphatic rings. The predicted octanol–water partition coefficient (Wildman–Crippen LogP) is 7.35. The van der Waals surface area contributed by atoms with Gasteiger partial charge >= 0.3 is 0 Å². The Hall–Kier alpha value is -6.32. The van der Waals surface area contributed by atoms with Crippen LogP contribution in [0.5, 0.6) is 0 Å². The molecule has 4 aromatic carbocycles. The van der Waals surface area contributed by atoms with E-state index in [-0.39, 0.29) is 0 Å². The molecule has 0 saturated heterocycles. The van der Waals surface area contributed by atoms with Crippen molar-refractivity contribution in [3.63, 3.8) is 0 Å². The molecule has 47 heavy (non-hydrogen) atoms. The second kappa shape index (κ2) is 11.9. The van der Waals surface area contributed by atoms with Gasteiger partial charge in [0.25, 0.3) is 16.1 Å². The average Bonchev–Trinajstić information content (AvgIpc) is 3.72. The standard InChI is InChI=1S/C42H29N3Si2/c1-9-46(10-2,11-3)42(47(12-4,13-5)14-6)34-28-31(7)40(32(8)29-34)44-27-26-43-41(44)33-24-25-39-37(30-33)36-22-18-19-23-38(36)45(39)35-20-16-15-17-21-35/h1-6,15-30,42H,7-8H3. The van der Waals surface area contributed by atoms with Crippen LogP contribution in [-0.2, 0) is 0 Å². The molecule has 0 N–H and O–H groups in total. The number of terminal acetylenes is 6. The van der Waals surface area contributed by atoms with E-state index in [0.29, 0.717) is 0 Å². The van der Waals surface area contributed by atoms with Crippen molar-refractivity contribution in [2.75, 3.05) is 0 Å². The van der Waals surface area contributed by atoms with Gasteiger partial charge < -0.3 is 4.57 Å². The zero-order valence-electron chi connectivity index (χ0n) is 26.1. The molecule has 0 fully saturated rings. The lowest BCUT2D eigenvalue weighted by molar-refractivity contribution is 1.02. The summed E-state index contributed by atoms with van der Waals surface area (Å²) < 4.78 is 4.39. The summed E-state index contributed by atoms with van der Waals surface area (Å²) in [5, 5.41) is 1.69. The third-order valence-electron chi connectivity index (χ3n) is 8.91. The Morgan fingerprint density at radius 2 is 1.19 bits per heavy atom. The van der Waals surface area contributed by atoms with Crippen LogP contribution in [0.4, 0.5) is 0 Å². The van der Waals surface area contributed by atoms with Crippen LogP contribution in [0.2, 0.25) is 0 Å². The van der Waals surface area contributed by atoms with E-state index in [1.54, 1.807) is 0 Å². The molecule has 0 radical (unpaired) electrons. The Morgan fingerprint density at radius 1 is 0.638 bits per heavy atom. The first-order valence-electron chi connectivity index (χ1n) is 14.9. The fraction of sp³-hybridized carbons (Fsp3) is 0.0714. The molecule has 0 aliphatic carbocycles. The summed E-state index contributed by atoms with van der Waals surface area (Å²) in [4.78, 5) is 4.82. The molecule has 2 heterocycles. The molecule has 0 unspecified atom stereocenters. The zero-order valence-corrected chi connectivity index (χ0v) is 28.1. The van der Waals surface area contributed by atoms with Crippen LogP contribution in [-0.4, -0.2) is 30.3 Å². The average molecular weight is 632 g/mol. The normalized spacial score (nSPS) is 11.3. The molecule has 6 rings (SSSR count). The van der Waals surface area contributed by atoms with E-state index in [2.05, 4.69) is 109 Å². The number of imidazole rings is 1. The monoisotopic (exact) mass is 631 g/mol. The van der Waals surface area contributed by atoms with Gasteiger partial charge in [-0.05, 0) is 66.9 Å². The molecule has 0 bridgehead atoms. The molecule has 6 aromatic rings. The van der Waals surface area contributed by atoms with Crippen LogP contribution in [0.25, 0.3) is 44.6 Å². The Balaban J connectivity index is 1.53. The van der Waals surface area contributed by atoms with E-state index >= 15 is 0 Å². The van der Waals surface area contributed by atoms with E-state index in [1.165, 1.54) is 5.39 Å². The molecule has 3 nitrogen and oxygen atoms in total. The lowest BCUT2D eigenvalue weighted by Gasteiger charge is -2.33. The molecule has 0 spiro atoms. The van der Waals surface area contributed by atoms with Crippen molar-refractivity contribution < 1.29 is 0 Å². The van der Waals surface area contributed by atoms with Gasteiger partial charge in [-0.15, -0.1) is 71.8 Å². The molecule has 220 valence electrons. The Labute approximate surface area is 278 Å². The molecular formula is C42H29N3Si2. The summed E-state index contributed by atoms with van der Waals surface area (Å²) in [6, 6.07) is 29.4. The highest BCUT2D eigenvalue weighted by atomic mass is 28.4. The van der Waals surface area contributed by atoms with Crippen molar-refractivity contribution in [1.29, 1.82) is 0 Å². The minimum atomic E-state index is -3.35. The Kier molecular flexibility index (Phi) is 7.76. The van der Waals surface area contributed by atoms with Crippen LogP contribution in [0.1, 0.15) is 21.9 Å². The zero-order chi connectivity index (χ0) is 33.3. The van der Waals surface area contributed by atoms with E-state index in [4.69, 9.17) is 43.5 Å². The molecule has 0 aliphatic heterocycles. The molecule has 0 atom stereocenters. The van der Waals surface area contributed by atoms with Gasteiger partial charge in [-0.2, -0.15) is 0 Å². The maximum Gasteiger partial charge on any atom is 0.297 e. The lowest BCUT2D eigenvalue weighted by atomic mass is 10.0. The van der Waals surface area contributed by atoms with Crippen molar-refractivity contribution in [2.45, 2.75) is 19.0 Å². The number of aryl methyl sites for hydroxylation is 2. The summed E-state index contributed by atoms with van der Waals surface area (Å²) >= 11 is 0. The van der Waals surface area contributed by atoms with E-state index in [0.717, 1.165) is 55.9 Å². The van der Waals surface area contributed by atoms with Gasteiger partial charge in [0.15, 0.2) is 0 Å². The second-order valence-corrected chi connectivity index (χ2v) is 18.2. The first-order chi connectivity index (χ1) is 22.8. The summed E-state index contributed by atoms with van der Waals surface area (Å²) in [6.45, 7) is 4.05. The second-order valence-electron chi connectivity index (χ2n) is 11.5. The molecule has 5 heteroatoms. The van der Waals surface area contributed by atoms with E-state index in [1.807, 2.05) is 44.4 Å². The smallest absolute Gasteiger partial charge is 0.297 e. The predicted molar refractivity (Wildman–Crippen MR) is 200 cm³/mol. The Bertz CT molecular complexity index is 2330. The number of benzene rings is 4. The first kappa shape index (κ1) is 30.7. The van der Waals surface area contributed by atoms with Gasteiger partial charge in [0.05, 0.1) is 16.7 Å². The highest BCUT2D eigenvalue weighted by molar-refractivity contribution is 7.17. The largest absolute Gasteiger partial charge is 0.309 e. The van der Waals surface area contributed by atoms with Crippen molar-refractivity contribution >= 4 is 38.0 Å². The molecule has 0 saturated carbocycles. The number of fused-ring (bicyclic) bond motifs is 3. The number of rotatable bonds is 6. The van der Waals surface area contributed by atoms with Gasteiger partial charge in [0.1, 0.15) is 5.82 Å². The van der Waals surface area contributed by atoms with Crippen molar-refractivity contribution in [3.8, 4) is 94.6 Å². The van der Waals surface area contributed by atoms with E-state index < -0.39 is 21.3 Å². The Morgan fingerprint density at radius 3 is 1.79 bits per heavy atom. The SMILES string of the molecule is C#C[Si](C#C)(C#C)C(c1cc(C)c(-n2ccnc2-c2ccc3c(c2)c2ccccc2n3-c2ccccc2)c(C)c1)[Si](C#C)(C#C)C#C. The highest BCUT2D eigenvalue weighted by Crippen LogP contribution is 2.39. The maximum absolute atomic E-state index is 6.03. The summed E-state index contributed by atoms with van der Waals surface area (Å²) in [5.74, 6) is 0.804. The molecular weight excluding hydrogens is 603 g/mol. The van der Waals surface area contributed by atoms with Gasteiger partial charge in [-0.1, -0.05) is 48.5 Å². The third-order valence-corrected chi connectivity index (χ3v) is 16.6. The minimum absolute atomic E-state index is 0.618. The van der Waals surface area contributed by atoms with Crippen LogP contribution < -0.4 is 0 Å². The summed E-state index contributed by atoms with van der Waals surface area (Å²) in [6.07, 6.45) is 40.0. The number of aromatic nitrogens is 3. The number of hydrogen-bond donors (Lipinski definition) is 0. The number of para-hydroxylation sites is 2. The number of nitrogens with zero attached hydrogens (tertiary/aromatic N) is 3. The summed E-state index contributed by atoms with van der Waals surface area (Å²) in [7, 11) is -6.71. The molecule has 0 amide bonds. The fourth-order valence-electron chi connectivity index (χ4n) is 6.78. The van der Waals surface area contributed by atoms with Crippen LogP contribution in [0.3, 0.4) is 0 Å². The van der Waals surface area contributed by atoms with Crippen LogP contribution in [0.15, 0.2) is 97.3 Å². The topological polar surface area (TPSA) is 22.8 Å². The van der Waals surface area contributed by atoms with Gasteiger partial charge in [-0.25, -0.2) is 4.98 Å². The molecule has 2 aromatic heterocycles. The number of hydrogen-bond acceptors (Lipinski definition) is 1. The van der Waals surface area contributed by atoms with Crippen LogP contribution >= 0.6 is 0 Å². The van der Waals surface area contributed by atoms with Crippen molar-refractivity contribution in [3.05, 3.63) is 114 Å². The van der Waals surface area contributed by atoms with Crippen molar-refractivity contribution in [2.24, 2.45) is 0 Å². The highest BCUT2D eigenvalue weighted by Gasteiger charge is 2.53.